The molecule has 8 aromatic carbocycles. The Morgan fingerprint density at radius 3 is 1.16 bits per heavy atom. The van der Waals surface area contributed by atoms with Crippen molar-refractivity contribution < 1.29 is 0 Å². The van der Waals surface area contributed by atoms with E-state index in [0.717, 1.165) is 67.1 Å². The van der Waals surface area contributed by atoms with Crippen LogP contribution in [0.5, 0.6) is 0 Å². The van der Waals surface area contributed by atoms with Crippen molar-refractivity contribution in [1.29, 1.82) is 0 Å². The van der Waals surface area contributed by atoms with Gasteiger partial charge in [-0.3, -0.25) is 0 Å². The van der Waals surface area contributed by atoms with Crippen molar-refractivity contribution >= 4 is 21.7 Å². The monoisotopic (exact) mass is 713 g/mol. The maximum Gasteiger partial charge on any atom is 0.160 e. The number of aromatic nitrogens is 3. The van der Waals surface area contributed by atoms with Crippen LogP contribution in [0.2, 0.25) is 0 Å². The average molecular weight is 714 g/mol. The lowest BCUT2D eigenvalue weighted by molar-refractivity contribution is 1.18. The summed E-state index contributed by atoms with van der Waals surface area (Å²) < 4.78 is 0. The van der Waals surface area contributed by atoms with E-state index in [2.05, 4.69) is 170 Å². The molecule has 0 aliphatic heterocycles. The van der Waals surface area contributed by atoms with Gasteiger partial charge in [-0.2, -0.15) is 0 Å². The molecule has 0 radical (unpaired) electrons. The number of hydrogen-bond donors (Lipinski definition) is 0. The van der Waals surface area contributed by atoms with Crippen LogP contribution in [0.4, 0.5) is 0 Å². The second kappa shape index (κ2) is 14.4. The lowest BCUT2D eigenvalue weighted by Gasteiger charge is -2.16. The van der Waals surface area contributed by atoms with E-state index >= 15 is 0 Å². The van der Waals surface area contributed by atoms with Crippen LogP contribution in [0, 0.1) is 0 Å². The molecule has 0 fully saturated rings. The van der Waals surface area contributed by atoms with Crippen molar-refractivity contribution in [3.05, 3.63) is 212 Å². The first kappa shape index (κ1) is 33.1. The molecule has 262 valence electrons. The highest BCUT2D eigenvalue weighted by atomic mass is 14.9. The van der Waals surface area contributed by atoms with Gasteiger partial charge in [0.05, 0.1) is 22.6 Å². The van der Waals surface area contributed by atoms with Crippen LogP contribution < -0.4 is 0 Å². The van der Waals surface area contributed by atoms with Gasteiger partial charge in [-0.25, -0.2) is 15.0 Å². The van der Waals surface area contributed by atoms with Gasteiger partial charge in [0, 0.05) is 27.6 Å². The van der Waals surface area contributed by atoms with E-state index in [0.29, 0.717) is 5.82 Å². The topological polar surface area (TPSA) is 38.7 Å². The highest BCUT2D eigenvalue weighted by Gasteiger charge is 2.17. The average Bonchev–Trinajstić information content (AvgIpc) is 3.29. The van der Waals surface area contributed by atoms with Crippen molar-refractivity contribution in [1.82, 2.24) is 15.0 Å². The number of hydrogen-bond acceptors (Lipinski definition) is 3. The third-order valence-corrected chi connectivity index (χ3v) is 10.5. The molecule has 10 rings (SSSR count). The molecule has 0 atom stereocenters. The van der Waals surface area contributed by atoms with Crippen molar-refractivity contribution in [3.8, 4) is 78.5 Å². The Morgan fingerprint density at radius 2 is 0.643 bits per heavy atom. The van der Waals surface area contributed by atoms with Gasteiger partial charge in [-0.1, -0.05) is 194 Å². The van der Waals surface area contributed by atoms with Gasteiger partial charge in [0.15, 0.2) is 5.82 Å². The van der Waals surface area contributed by atoms with Gasteiger partial charge in [0.1, 0.15) is 0 Å². The Labute approximate surface area is 326 Å². The number of benzene rings is 8. The van der Waals surface area contributed by atoms with Crippen LogP contribution in [-0.2, 0) is 0 Å². The predicted molar refractivity (Wildman–Crippen MR) is 233 cm³/mol. The highest BCUT2D eigenvalue weighted by Crippen LogP contribution is 2.41. The Bertz CT molecular complexity index is 2900. The van der Waals surface area contributed by atoms with Crippen molar-refractivity contribution in [2.24, 2.45) is 0 Å². The van der Waals surface area contributed by atoms with E-state index in [1.807, 2.05) is 42.5 Å². The molecule has 0 saturated heterocycles. The summed E-state index contributed by atoms with van der Waals surface area (Å²) in [6.45, 7) is 0. The van der Waals surface area contributed by atoms with Crippen molar-refractivity contribution in [2.75, 3.05) is 0 Å². The zero-order valence-corrected chi connectivity index (χ0v) is 30.5. The molecule has 0 N–H and O–H groups in total. The first-order chi connectivity index (χ1) is 27.7. The zero-order chi connectivity index (χ0) is 37.3. The second-order valence-corrected chi connectivity index (χ2v) is 14.0. The molecule has 10 aromatic rings. The van der Waals surface area contributed by atoms with Crippen molar-refractivity contribution in [3.63, 3.8) is 0 Å². The lowest BCUT2D eigenvalue weighted by Crippen LogP contribution is -1.95. The normalized spacial score (nSPS) is 11.2. The molecule has 2 aromatic heterocycles. The largest absolute Gasteiger partial charge is 0.248 e. The maximum absolute atomic E-state index is 5.30. The van der Waals surface area contributed by atoms with Crippen LogP contribution in [0.3, 0.4) is 0 Å². The first-order valence-electron chi connectivity index (χ1n) is 18.9. The molecule has 0 amide bonds. The van der Waals surface area contributed by atoms with E-state index in [9.17, 15) is 0 Å². The Hall–Kier alpha value is -7.49. The maximum atomic E-state index is 5.30. The number of nitrogens with zero attached hydrogens (tertiary/aromatic N) is 3. The molecule has 0 bridgehead atoms. The summed E-state index contributed by atoms with van der Waals surface area (Å²) in [7, 11) is 0. The number of pyridine rings is 1. The molecule has 56 heavy (non-hydrogen) atoms. The summed E-state index contributed by atoms with van der Waals surface area (Å²) in [6.07, 6.45) is 0. The lowest BCUT2D eigenvalue weighted by atomic mass is 9.90. The summed E-state index contributed by atoms with van der Waals surface area (Å²) in [5.41, 5.74) is 14.9. The second-order valence-electron chi connectivity index (χ2n) is 14.0. The quantitative estimate of drug-likeness (QED) is 0.154. The minimum Gasteiger partial charge on any atom is -0.248 e. The third-order valence-electron chi connectivity index (χ3n) is 10.5. The molecular formula is C53H35N3. The summed E-state index contributed by atoms with van der Waals surface area (Å²) in [5.74, 6) is 0.703. The minimum atomic E-state index is 0.703. The molecule has 0 spiro atoms. The molecule has 0 aliphatic carbocycles. The van der Waals surface area contributed by atoms with E-state index in [1.165, 1.54) is 27.3 Å². The summed E-state index contributed by atoms with van der Waals surface area (Å²) in [6, 6.07) is 74.5. The SMILES string of the molecule is c1ccc(-c2cc(-c3ccccc3)nc(-c3ccc(-c4ccc(-c5cc6nc(-c7ccccc7)cc(-c7ccccc7)c6c6ccccc56)cc4)cc3)n2)cc1. The number of rotatable bonds is 7. The molecular weight excluding hydrogens is 679 g/mol. The molecule has 3 heteroatoms. The van der Waals surface area contributed by atoms with E-state index in [1.54, 1.807) is 0 Å². The van der Waals surface area contributed by atoms with Gasteiger partial charge >= 0.3 is 0 Å². The third kappa shape index (κ3) is 6.31. The van der Waals surface area contributed by atoms with Crippen LogP contribution in [0.25, 0.3) is 100 Å². The van der Waals surface area contributed by atoms with Gasteiger partial charge < -0.3 is 0 Å². The first-order valence-corrected chi connectivity index (χ1v) is 18.9. The standard InChI is InChI=1S/C53H35N3/c1-5-15-38(16-6-1)47-34-48(40-17-7-2-8-18-40)54-51-33-46(44-23-13-14-24-45(44)52(47)51)39-29-25-36(26-30-39)37-27-31-43(32-28-37)53-55-49(41-19-9-3-10-20-41)35-50(56-53)42-21-11-4-12-22-42/h1-35H. The van der Waals surface area contributed by atoms with Crippen LogP contribution in [0.15, 0.2) is 212 Å². The van der Waals surface area contributed by atoms with Crippen LogP contribution in [-0.4, -0.2) is 15.0 Å². The molecule has 2 heterocycles. The van der Waals surface area contributed by atoms with Gasteiger partial charge in [0.2, 0.25) is 0 Å². The molecule has 0 unspecified atom stereocenters. The van der Waals surface area contributed by atoms with Crippen LogP contribution in [0.1, 0.15) is 0 Å². The van der Waals surface area contributed by atoms with Gasteiger partial charge in [-0.15, -0.1) is 0 Å². The fourth-order valence-electron chi connectivity index (χ4n) is 7.69. The fourth-order valence-corrected chi connectivity index (χ4v) is 7.69. The molecule has 0 aliphatic rings. The van der Waals surface area contributed by atoms with E-state index in [4.69, 9.17) is 15.0 Å². The van der Waals surface area contributed by atoms with E-state index in [-0.39, 0.29) is 0 Å². The summed E-state index contributed by atoms with van der Waals surface area (Å²) in [5, 5.41) is 3.57. The Morgan fingerprint density at radius 1 is 0.250 bits per heavy atom. The molecule has 3 nitrogen and oxygen atoms in total. The number of fused-ring (bicyclic) bond motifs is 3. The van der Waals surface area contributed by atoms with E-state index < -0.39 is 0 Å². The predicted octanol–water partition coefficient (Wildman–Crippen LogP) is 13.8. The summed E-state index contributed by atoms with van der Waals surface area (Å²) >= 11 is 0. The highest BCUT2D eigenvalue weighted by molar-refractivity contribution is 6.18. The summed E-state index contributed by atoms with van der Waals surface area (Å²) in [4.78, 5) is 15.3. The van der Waals surface area contributed by atoms with Crippen LogP contribution >= 0.6 is 0 Å². The minimum absolute atomic E-state index is 0.703. The van der Waals surface area contributed by atoms with Crippen molar-refractivity contribution in [2.45, 2.75) is 0 Å². The molecule has 0 saturated carbocycles. The Balaban J connectivity index is 1.03. The van der Waals surface area contributed by atoms with Gasteiger partial charge in [0.25, 0.3) is 0 Å². The Kier molecular flexibility index (Phi) is 8.51. The zero-order valence-electron chi connectivity index (χ0n) is 30.5. The van der Waals surface area contributed by atoms with Gasteiger partial charge in [-0.05, 0) is 62.4 Å². The fraction of sp³-hybridized carbons (Fsp3) is 0. The smallest absolute Gasteiger partial charge is 0.160 e.